The second kappa shape index (κ2) is 7.41. The number of aryl methyl sites for hydroxylation is 3. The van der Waals surface area contributed by atoms with E-state index in [0.29, 0.717) is 0 Å². The van der Waals surface area contributed by atoms with Gasteiger partial charge in [-0.25, -0.2) is 0 Å². The van der Waals surface area contributed by atoms with Gasteiger partial charge in [-0.1, -0.05) is 51.1 Å². The van der Waals surface area contributed by atoms with E-state index in [1.54, 1.807) is 0 Å². The van der Waals surface area contributed by atoms with Crippen LogP contribution in [0.25, 0.3) is 0 Å². The molecule has 0 aliphatic rings. The molecule has 0 spiro atoms. The van der Waals surface area contributed by atoms with Crippen LogP contribution in [0.2, 0.25) is 0 Å². The molecule has 21 heavy (non-hydrogen) atoms. The highest BCUT2D eigenvalue weighted by molar-refractivity contribution is 14.1. The monoisotopic (exact) mass is 394 g/mol. The summed E-state index contributed by atoms with van der Waals surface area (Å²) in [6.45, 7) is 6.52. The van der Waals surface area contributed by atoms with E-state index in [1.165, 1.54) is 16.7 Å². The molecule has 2 aromatic rings. The van der Waals surface area contributed by atoms with Crippen molar-refractivity contribution < 1.29 is 5.11 Å². The molecule has 0 aliphatic heterocycles. The fourth-order valence-electron chi connectivity index (χ4n) is 2.84. The number of rotatable bonds is 5. The SMILES string of the molecule is CCc1cc(CC)c(C(O)c2ccccc2I)c(CC)c1. The zero-order valence-electron chi connectivity index (χ0n) is 13.0. The third kappa shape index (κ3) is 3.49. The molecule has 0 radical (unpaired) electrons. The maximum atomic E-state index is 11.0. The van der Waals surface area contributed by atoms with Gasteiger partial charge in [0.1, 0.15) is 6.10 Å². The van der Waals surface area contributed by atoms with Gasteiger partial charge in [-0.2, -0.15) is 0 Å². The molecule has 1 unspecified atom stereocenters. The Morgan fingerprint density at radius 3 is 2.00 bits per heavy atom. The van der Waals surface area contributed by atoms with Crippen molar-refractivity contribution in [1.29, 1.82) is 0 Å². The van der Waals surface area contributed by atoms with E-state index in [-0.39, 0.29) is 0 Å². The van der Waals surface area contributed by atoms with Crippen LogP contribution in [-0.4, -0.2) is 5.11 Å². The van der Waals surface area contributed by atoms with Crippen LogP contribution in [0.15, 0.2) is 36.4 Å². The predicted octanol–water partition coefficient (Wildman–Crippen LogP) is 5.06. The second-order valence-corrected chi connectivity index (χ2v) is 6.47. The Labute approximate surface area is 141 Å². The Kier molecular flexibility index (Phi) is 5.82. The molecule has 2 rings (SSSR count). The van der Waals surface area contributed by atoms with Gasteiger partial charge in [-0.3, -0.25) is 0 Å². The summed E-state index contributed by atoms with van der Waals surface area (Å²) in [7, 11) is 0. The Bertz CT molecular complexity index is 594. The molecule has 2 heteroatoms. The molecule has 0 heterocycles. The van der Waals surface area contributed by atoms with Crippen LogP contribution in [0.1, 0.15) is 54.7 Å². The lowest BCUT2D eigenvalue weighted by molar-refractivity contribution is 0.217. The van der Waals surface area contributed by atoms with Gasteiger partial charge in [-0.15, -0.1) is 0 Å². The number of aliphatic hydroxyl groups excluding tert-OH is 1. The van der Waals surface area contributed by atoms with E-state index in [9.17, 15) is 5.11 Å². The lowest BCUT2D eigenvalue weighted by Crippen LogP contribution is -2.10. The van der Waals surface area contributed by atoms with Crippen LogP contribution in [-0.2, 0) is 19.3 Å². The minimum atomic E-state index is -0.533. The van der Waals surface area contributed by atoms with E-state index >= 15 is 0 Å². The number of hydrogen-bond donors (Lipinski definition) is 1. The average molecular weight is 394 g/mol. The third-order valence-corrected chi connectivity index (χ3v) is 5.04. The van der Waals surface area contributed by atoms with Gasteiger partial charge in [-0.05, 0) is 75.7 Å². The van der Waals surface area contributed by atoms with Crippen LogP contribution < -0.4 is 0 Å². The van der Waals surface area contributed by atoms with Crippen molar-refractivity contribution in [1.82, 2.24) is 0 Å². The summed E-state index contributed by atoms with van der Waals surface area (Å²) in [6.07, 6.45) is 2.42. The smallest absolute Gasteiger partial charge is 0.106 e. The number of aliphatic hydroxyl groups is 1. The summed E-state index contributed by atoms with van der Waals surface area (Å²) in [5, 5.41) is 11.0. The van der Waals surface area contributed by atoms with E-state index in [1.807, 2.05) is 18.2 Å². The molecule has 0 saturated heterocycles. The first-order valence-electron chi connectivity index (χ1n) is 7.69. The molecule has 0 bridgehead atoms. The number of hydrogen-bond acceptors (Lipinski definition) is 1. The van der Waals surface area contributed by atoms with E-state index in [4.69, 9.17) is 0 Å². The summed E-state index contributed by atoms with van der Waals surface area (Å²) in [6, 6.07) is 12.6. The van der Waals surface area contributed by atoms with Crippen LogP contribution in [0.5, 0.6) is 0 Å². The molecule has 0 amide bonds. The van der Waals surface area contributed by atoms with Gasteiger partial charge in [0.2, 0.25) is 0 Å². The Balaban J connectivity index is 2.59. The van der Waals surface area contributed by atoms with Crippen molar-refractivity contribution in [3.05, 3.63) is 67.8 Å². The third-order valence-electron chi connectivity index (χ3n) is 4.05. The zero-order chi connectivity index (χ0) is 15.4. The summed E-state index contributed by atoms with van der Waals surface area (Å²) < 4.78 is 1.12. The largest absolute Gasteiger partial charge is 0.384 e. The fraction of sp³-hybridized carbons (Fsp3) is 0.368. The minimum Gasteiger partial charge on any atom is -0.384 e. The molecule has 1 N–H and O–H groups in total. The highest BCUT2D eigenvalue weighted by Gasteiger charge is 2.20. The summed E-state index contributed by atoms with van der Waals surface area (Å²) in [4.78, 5) is 0. The van der Waals surface area contributed by atoms with Gasteiger partial charge in [0, 0.05) is 3.57 Å². The lowest BCUT2D eigenvalue weighted by atomic mass is 9.88. The normalized spacial score (nSPS) is 12.4. The molecule has 112 valence electrons. The van der Waals surface area contributed by atoms with Crippen molar-refractivity contribution >= 4 is 22.6 Å². The van der Waals surface area contributed by atoms with Crippen LogP contribution >= 0.6 is 22.6 Å². The topological polar surface area (TPSA) is 20.2 Å². The van der Waals surface area contributed by atoms with Gasteiger partial charge in [0.05, 0.1) is 0 Å². The molecule has 1 nitrogen and oxygen atoms in total. The second-order valence-electron chi connectivity index (χ2n) is 5.31. The Morgan fingerprint density at radius 1 is 0.952 bits per heavy atom. The van der Waals surface area contributed by atoms with Crippen LogP contribution in [0.4, 0.5) is 0 Å². The van der Waals surface area contributed by atoms with E-state index in [2.05, 4.69) is 61.6 Å². The first-order valence-corrected chi connectivity index (χ1v) is 8.77. The molecule has 1 atom stereocenters. The summed E-state index contributed by atoms with van der Waals surface area (Å²) in [5.74, 6) is 0. The average Bonchev–Trinajstić information content (AvgIpc) is 2.53. The molecule has 2 aromatic carbocycles. The minimum absolute atomic E-state index is 0.533. The lowest BCUT2D eigenvalue weighted by Gasteiger charge is -2.21. The number of halogens is 1. The fourth-order valence-corrected chi connectivity index (χ4v) is 3.53. The van der Waals surface area contributed by atoms with Crippen molar-refractivity contribution in [2.45, 2.75) is 46.1 Å². The standard InChI is InChI=1S/C19H23IO/c1-4-13-11-14(5-2)18(15(6-3)12-13)19(21)16-9-7-8-10-17(16)20/h7-12,19,21H,4-6H2,1-3H3. The maximum Gasteiger partial charge on any atom is 0.106 e. The highest BCUT2D eigenvalue weighted by atomic mass is 127. The van der Waals surface area contributed by atoms with Gasteiger partial charge in [0.25, 0.3) is 0 Å². The summed E-state index contributed by atoms with van der Waals surface area (Å²) >= 11 is 2.30. The Hall–Kier alpha value is -0.870. The first kappa shape index (κ1) is 16.5. The number of benzene rings is 2. The van der Waals surface area contributed by atoms with Crippen LogP contribution in [0, 0.1) is 3.57 Å². The van der Waals surface area contributed by atoms with Gasteiger partial charge in [0.15, 0.2) is 0 Å². The molecular weight excluding hydrogens is 371 g/mol. The van der Waals surface area contributed by atoms with Gasteiger partial charge >= 0.3 is 0 Å². The highest BCUT2D eigenvalue weighted by Crippen LogP contribution is 2.32. The van der Waals surface area contributed by atoms with Crippen LogP contribution in [0.3, 0.4) is 0 Å². The predicted molar refractivity (Wildman–Crippen MR) is 97.8 cm³/mol. The Morgan fingerprint density at radius 2 is 1.52 bits per heavy atom. The quantitative estimate of drug-likeness (QED) is 0.703. The van der Waals surface area contributed by atoms with Crippen molar-refractivity contribution in [3.63, 3.8) is 0 Å². The molecular formula is C19H23IO. The van der Waals surface area contributed by atoms with Crippen molar-refractivity contribution in [2.75, 3.05) is 0 Å². The van der Waals surface area contributed by atoms with E-state index in [0.717, 1.165) is 34.0 Å². The van der Waals surface area contributed by atoms with Crippen molar-refractivity contribution in [2.24, 2.45) is 0 Å². The molecule has 0 aliphatic carbocycles. The molecule has 0 fully saturated rings. The van der Waals surface area contributed by atoms with Crippen molar-refractivity contribution in [3.8, 4) is 0 Å². The summed E-state index contributed by atoms with van der Waals surface area (Å²) in [5.41, 5.74) is 6.03. The molecule has 0 aromatic heterocycles. The van der Waals surface area contributed by atoms with Gasteiger partial charge < -0.3 is 5.11 Å². The maximum absolute atomic E-state index is 11.0. The zero-order valence-corrected chi connectivity index (χ0v) is 15.1. The molecule has 0 saturated carbocycles. The first-order chi connectivity index (χ1) is 10.1. The van der Waals surface area contributed by atoms with E-state index < -0.39 is 6.10 Å².